The molecule has 0 aliphatic rings. The molecule has 0 aliphatic carbocycles. The second-order valence-corrected chi connectivity index (χ2v) is 8.71. The van der Waals surface area contributed by atoms with Gasteiger partial charge in [0.05, 0.1) is 0 Å². The van der Waals surface area contributed by atoms with Gasteiger partial charge in [-0.15, -0.1) is 0 Å². The Hall–Kier alpha value is -2.72. The van der Waals surface area contributed by atoms with Crippen molar-refractivity contribution in [3.05, 3.63) is 60.7 Å². The van der Waals surface area contributed by atoms with Crippen LogP contribution in [0.5, 0.6) is 0 Å². The molecule has 0 spiro atoms. The van der Waals surface area contributed by atoms with E-state index >= 15 is 0 Å². The van der Waals surface area contributed by atoms with E-state index in [9.17, 15) is 16.8 Å². The summed E-state index contributed by atoms with van der Waals surface area (Å²) in [6.45, 7) is 3.30. The first kappa shape index (κ1) is 21.6. The maximum absolute atomic E-state index is 12.2. The average Bonchev–Trinajstić information content (AvgIpc) is 2.70. The molecule has 0 heterocycles. The fourth-order valence-corrected chi connectivity index (χ4v) is 3.59. The van der Waals surface area contributed by atoms with E-state index in [0.717, 1.165) is 0 Å². The quantitative estimate of drug-likeness (QED) is 0.451. The smallest absolute Gasteiger partial charge is 0.264 e. The lowest BCUT2D eigenvalue weighted by Gasteiger charge is -2.06. The van der Waals surface area contributed by atoms with Crippen molar-refractivity contribution in [2.75, 3.05) is 0 Å². The van der Waals surface area contributed by atoms with Gasteiger partial charge in [0.1, 0.15) is 21.2 Å². The standard InChI is InChI=1S/C18H20N2O6S2/c1-3-10-18(20-26-28(23,24)17-13-8-5-9-14-17)15(2)19-25-27(21,22)16-11-6-4-7-12-16/h4-9,11-14H,3,10H2,1-2H3. The van der Waals surface area contributed by atoms with Gasteiger partial charge in [0.2, 0.25) is 0 Å². The molecule has 2 aromatic carbocycles. The van der Waals surface area contributed by atoms with Crippen LogP contribution in [0.15, 0.2) is 80.8 Å². The zero-order valence-corrected chi connectivity index (χ0v) is 17.0. The summed E-state index contributed by atoms with van der Waals surface area (Å²) in [6, 6.07) is 15.1. The zero-order valence-electron chi connectivity index (χ0n) is 15.3. The van der Waals surface area contributed by atoms with Crippen molar-refractivity contribution in [2.24, 2.45) is 10.3 Å². The van der Waals surface area contributed by atoms with Crippen LogP contribution in [-0.4, -0.2) is 28.3 Å². The molecule has 0 bridgehead atoms. The largest absolute Gasteiger partial charge is 0.358 e. The average molecular weight is 425 g/mol. The molecular formula is C18H20N2O6S2. The predicted octanol–water partition coefficient (Wildman–Crippen LogP) is 3.33. The Kier molecular flexibility index (Phi) is 7.30. The van der Waals surface area contributed by atoms with Crippen LogP contribution in [0.25, 0.3) is 0 Å². The highest BCUT2D eigenvalue weighted by Crippen LogP contribution is 2.14. The Morgan fingerprint density at radius 3 is 1.64 bits per heavy atom. The molecule has 0 atom stereocenters. The fraction of sp³-hybridized carbons (Fsp3) is 0.222. The van der Waals surface area contributed by atoms with Crippen LogP contribution in [0.3, 0.4) is 0 Å². The molecule has 0 unspecified atom stereocenters. The van der Waals surface area contributed by atoms with Gasteiger partial charge in [0.25, 0.3) is 0 Å². The van der Waals surface area contributed by atoms with Crippen LogP contribution in [0, 0.1) is 0 Å². The molecule has 0 fully saturated rings. The number of hydrogen-bond acceptors (Lipinski definition) is 8. The number of benzene rings is 2. The summed E-state index contributed by atoms with van der Waals surface area (Å²) in [5.74, 6) is 0. The highest BCUT2D eigenvalue weighted by atomic mass is 32.2. The number of hydrogen-bond donors (Lipinski definition) is 0. The summed E-state index contributed by atoms with van der Waals surface area (Å²) in [4.78, 5) is -0.101. The molecule has 2 rings (SSSR count). The van der Waals surface area contributed by atoms with Gasteiger partial charge in [-0.2, -0.15) is 16.8 Å². The van der Waals surface area contributed by atoms with Crippen molar-refractivity contribution in [2.45, 2.75) is 36.5 Å². The van der Waals surface area contributed by atoms with Crippen LogP contribution in [0.1, 0.15) is 26.7 Å². The monoisotopic (exact) mass is 424 g/mol. The lowest BCUT2D eigenvalue weighted by atomic mass is 10.1. The Bertz CT molecular complexity index is 1050. The zero-order chi connectivity index (χ0) is 20.6. The van der Waals surface area contributed by atoms with E-state index in [0.29, 0.717) is 12.8 Å². The number of nitrogens with zero attached hydrogens (tertiary/aromatic N) is 2. The van der Waals surface area contributed by atoms with E-state index in [1.54, 1.807) is 36.4 Å². The minimum Gasteiger partial charge on any atom is -0.264 e. The summed E-state index contributed by atoms with van der Waals surface area (Å²) in [7, 11) is -8.19. The van der Waals surface area contributed by atoms with Crippen LogP contribution < -0.4 is 0 Å². The molecule has 0 saturated carbocycles. The molecule has 150 valence electrons. The predicted molar refractivity (Wildman–Crippen MR) is 105 cm³/mol. The van der Waals surface area contributed by atoms with Gasteiger partial charge in [0.15, 0.2) is 0 Å². The molecule has 0 aromatic heterocycles. The first-order chi connectivity index (χ1) is 13.3. The molecule has 0 N–H and O–H groups in total. The van der Waals surface area contributed by atoms with Crippen LogP contribution in [-0.2, 0) is 28.8 Å². The highest BCUT2D eigenvalue weighted by Gasteiger charge is 2.18. The van der Waals surface area contributed by atoms with Crippen molar-refractivity contribution in [1.82, 2.24) is 0 Å². The minimum atomic E-state index is -4.10. The molecule has 2 aromatic rings. The Morgan fingerprint density at radius 1 is 0.786 bits per heavy atom. The molecule has 10 heteroatoms. The van der Waals surface area contributed by atoms with Crippen molar-refractivity contribution in [3.63, 3.8) is 0 Å². The van der Waals surface area contributed by atoms with Crippen molar-refractivity contribution < 1.29 is 25.4 Å². The van der Waals surface area contributed by atoms with Gasteiger partial charge in [-0.25, -0.2) is 0 Å². The van der Waals surface area contributed by atoms with Crippen molar-refractivity contribution in [1.29, 1.82) is 0 Å². The van der Waals surface area contributed by atoms with E-state index in [4.69, 9.17) is 8.57 Å². The van der Waals surface area contributed by atoms with Gasteiger partial charge >= 0.3 is 20.2 Å². The van der Waals surface area contributed by atoms with Crippen LogP contribution >= 0.6 is 0 Å². The highest BCUT2D eigenvalue weighted by molar-refractivity contribution is 7.87. The maximum Gasteiger partial charge on any atom is 0.358 e. The summed E-state index contributed by atoms with van der Waals surface area (Å²) in [5.41, 5.74) is 0.245. The summed E-state index contributed by atoms with van der Waals surface area (Å²) in [6.07, 6.45) is 0.917. The van der Waals surface area contributed by atoms with Crippen molar-refractivity contribution in [3.8, 4) is 0 Å². The molecule has 0 radical (unpaired) electrons. The number of oxime groups is 2. The maximum atomic E-state index is 12.2. The topological polar surface area (TPSA) is 111 Å². The van der Waals surface area contributed by atoms with Gasteiger partial charge in [-0.1, -0.05) is 60.1 Å². The second kappa shape index (κ2) is 9.47. The Balaban J connectivity index is 2.20. The third-order valence-corrected chi connectivity index (χ3v) is 5.73. The Labute approximate surface area is 164 Å². The van der Waals surface area contributed by atoms with E-state index < -0.39 is 20.2 Å². The second-order valence-electron chi connectivity index (χ2n) is 5.65. The normalized spacial score (nSPS) is 13.2. The molecule has 8 nitrogen and oxygen atoms in total. The van der Waals surface area contributed by atoms with E-state index in [-0.39, 0.29) is 21.2 Å². The van der Waals surface area contributed by atoms with E-state index in [1.165, 1.54) is 31.2 Å². The van der Waals surface area contributed by atoms with Crippen LogP contribution in [0.2, 0.25) is 0 Å². The van der Waals surface area contributed by atoms with Gasteiger partial charge in [0, 0.05) is 0 Å². The van der Waals surface area contributed by atoms with Crippen LogP contribution in [0.4, 0.5) is 0 Å². The van der Waals surface area contributed by atoms with E-state index in [2.05, 4.69) is 10.3 Å². The molecule has 0 saturated heterocycles. The first-order valence-electron chi connectivity index (χ1n) is 8.35. The fourth-order valence-electron chi connectivity index (χ4n) is 2.04. The lowest BCUT2D eigenvalue weighted by molar-refractivity contribution is 0.333. The first-order valence-corrected chi connectivity index (χ1v) is 11.2. The summed E-state index contributed by atoms with van der Waals surface area (Å²) < 4.78 is 58.0. The van der Waals surface area contributed by atoms with E-state index in [1.807, 2.05) is 6.92 Å². The molecule has 28 heavy (non-hydrogen) atoms. The summed E-state index contributed by atoms with van der Waals surface area (Å²) >= 11 is 0. The number of rotatable bonds is 9. The Morgan fingerprint density at radius 2 is 1.21 bits per heavy atom. The molecule has 0 amide bonds. The molecular weight excluding hydrogens is 404 g/mol. The van der Waals surface area contributed by atoms with Gasteiger partial charge in [-0.3, -0.25) is 8.57 Å². The minimum absolute atomic E-state index is 0.0490. The SMILES string of the molecule is CCCC(=NOS(=O)(=O)c1ccccc1)C(C)=NOS(=O)(=O)c1ccccc1. The van der Waals surface area contributed by atoms with Gasteiger partial charge in [-0.05, 0) is 37.6 Å². The molecule has 0 aliphatic heterocycles. The lowest BCUT2D eigenvalue weighted by Crippen LogP contribution is -2.14. The third kappa shape index (κ3) is 5.89. The van der Waals surface area contributed by atoms with Crippen molar-refractivity contribution >= 4 is 31.7 Å². The third-order valence-electron chi connectivity index (χ3n) is 3.49. The van der Waals surface area contributed by atoms with Gasteiger partial charge < -0.3 is 0 Å². The summed E-state index contributed by atoms with van der Waals surface area (Å²) in [5, 5.41) is 7.25.